The first-order valence-corrected chi connectivity index (χ1v) is 7.16. The van der Waals surface area contributed by atoms with E-state index in [1.807, 2.05) is 45.0 Å². The Morgan fingerprint density at radius 2 is 1.90 bits per heavy atom. The SMILES string of the molecule is CCNC(c1ccc(C)c(Cl)c1)c1cc(C)ccc1F. The number of nitrogens with one attached hydrogen (secondary N) is 1. The fraction of sp³-hybridized carbons (Fsp3) is 0.294. The van der Waals surface area contributed by atoms with E-state index in [9.17, 15) is 4.39 Å². The molecule has 0 fully saturated rings. The Morgan fingerprint density at radius 1 is 1.15 bits per heavy atom. The van der Waals surface area contributed by atoms with Crippen LogP contribution in [0.25, 0.3) is 0 Å². The maximum atomic E-state index is 14.1. The summed E-state index contributed by atoms with van der Waals surface area (Å²) in [5, 5.41) is 4.04. The van der Waals surface area contributed by atoms with Crippen LogP contribution in [0.5, 0.6) is 0 Å². The Balaban J connectivity index is 2.49. The highest BCUT2D eigenvalue weighted by Gasteiger charge is 2.17. The van der Waals surface area contributed by atoms with E-state index < -0.39 is 0 Å². The van der Waals surface area contributed by atoms with Crippen LogP contribution < -0.4 is 5.32 Å². The third kappa shape index (κ3) is 3.20. The van der Waals surface area contributed by atoms with E-state index in [2.05, 4.69) is 5.32 Å². The van der Waals surface area contributed by atoms with Crippen molar-refractivity contribution in [2.75, 3.05) is 6.54 Å². The first-order chi connectivity index (χ1) is 9.52. The van der Waals surface area contributed by atoms with Crippen LogP contribution >= 0.6 is 11.6 Å². The first kappa shape index (κ1) is 15.0. The van der Waals surface area contributed by atoms with Gasteiger partial charge in [0.05, 0.1) is 6.04 Å². The lowest BCUT2D eigenvalue weighted by Gasteiger charge is -2.20. The zero-order valence-corrected chi connectivity index (χ0v) is 12.8. The van der Waals surface area contributed by atoms with Gasteiger partial charge in [-0.3, -0.25) is 0 Å². The first-order valence-electron chi connectivity index (χ1n) is 6.78. The highest BCUT2D eigenvalue weighted by molar-refractivity contribution is 6.31. The summed E-state index contributed by atoms with van der Waals surface area (Å²) in [4.78, 5) is 0. The molecule has 0 bridgehead atoms. The Hall–Kier alpha value is -1.38. The normalized spacial score (nSPS) is 12.4. The van der Waals surface area contributed by atoms with Gasteiger partial charge in [0.1, 0.15) is 5.82 Å². The van der Waals surface area contributed by atoms with Crippen molar-refractivity contribution >= 4 is 11.6 Å². The molecule has 0 spiro atoms. The molecule has 2 rings (SSSR count). The molecule has 1 nitrogen and oxygen atoms in total. The average Bonchev–Trinajstić information content (AvgIpc) is 2.42. The minimum Gasteiger partial charge on any atom is -0.306 e. The van der Waals surface area contributed by atoms with Gasteiger partial charge in [0.2, 0.25) is 0 Å². The molecule has 0 aliphatic rings. The zero-order valence-electron chi connectivity index (χ0n) is 12.0. The molecule has 2 aromatic rings. The molecule has 0 aliphatic carbocycles. The topological polar surface area (TPSA) is 12.0 Å². The Bertz CT molecular complexity index is 610. The second-order valence-corrected chi connectivity index (χ2v) is 5.43. The maximum absolute atomic E-state index is 14.1. The Morgan fingerprint density at radius 3 is 2.55 bits per heavy atom. The molecule has 0 aliphatic heterocycles. The molecule has 20 heavy (non-hydrogen) atoms. The van der Waals surface area contributed by atoms with Crippen LogP contribution in [-0.2, 0) is 0 Å². The second-order valence-electron chi connectivity index (χ2n) is 5.02. The predicted octanol–water partition coefficient (Wildman–Crippen LogP) is 4.79. The smallest absolute Gasteiger partial charge is 0.128 e. The number of benzene rings is 2. The summed E-state index contributed by atoms with van der Waals surface area (Å²) in [6, 6.07) is 10.9. The fourth-order valence-corrected chi connectivity index (χ4v) is 2.47. The molecule has 1 unspecified atom stereocenters. The van der Waals surface area contributed by atoms with E-state index in [0.29, 0.717) is 10.6 Å². The highest BCUT2D eigenvalue weighted by atomic mass is 35.5. The van der Waals surface area contributed by atoms with Crippen molar-refractivity contribution in [1.82, 2.24) is 5.32 Å². The van der Waals surface area contributed by atoms with Crippen molar-refractivity contribution in [3.05, 3.63) is 69.5 Å². The van der Waals surface area contributed by atoms with Crippen LogP contribution in [0.4, 0.5) is 4.39 Å². The average molecular weight is 292 g/mol. The lowest BCUT2D eigenvalue weighted by Crippen LogP contribution is -2.23. The number of aryl methyl sites for hydroxylation is 2. The highest BCUT2D eigenvalue weighted by Crippen LogP contribution is 2.28. The summed E-state index contributed by atoms with van der Waals surface area (Å²) in [5.41, 5.74) is 3.71. The standard InChI is InChI=1S/C17H19ClFN/c1-4-20-17(13-7-6-12(3)15(18)10-13)14-9-11(2)5-8-16(14)19/h5-10,17,20H,4H2,1-3H3. The maximum Gasteiger partial charge on any atom is 0.128 e. The molecule has 0 heterocycles. The lowest BCUT2D eigenvalue weighted by molar-refractivity contribution is 0.558. The van der Waals surface area contributed by atoms with Crippen molar-refractivity contribution in [2.45, 2.75) is 26.8 Å². The third-order valence-electron chi connectivity index (χ3n) is 3.40. The molecular weight excluding hydrogens is 273 g/mol. The van der Waals surface area contributed by atoms with Crippen LogP contribution in [0.1, 0.15) is 35.2 Å². The fourth-order valence-electron chi connectivity index (χ4n) is 2.28. The van der Waals surface area contributed by atoms with Crippen LogP contribution in [0, 0.1) is 19.7 Å². The molecule has 106 valence electrons. The quantitative estimate of drug-likeness (QED) is 0.853. The molecule has 0 saturated heterocycles. The van der Waals surface area contributed by atoms with Gasteiger partial charge in [0.25, 0.3) is 0 Å². The van der Waals surface area contributed by atoms with Crippen molar-refractivity contribution in [3.8, 4) is 0 Å². The number of halogens is 2. The van der Waals surface area contributed by atoms with Gasteiger partial charge in [-0.15, -0.1) is 0 Å². The summed E-state index contributed by atoms with van der Waals surface area (Å²) in [6.07, 6.45) is 0. The molecule has 0 aromatic heterocycles. The number of hydrogen-bond donors (Lipinski definition) is 1. The van der Waals surface area contributed by atoms with Gasteiger partial charge < -0.3 is 5.32 Å². The Labute approximate surface area is 124 Å². The van der Waals surface area contributed by atoms with E-state index in [1.165, 1.54) is 6.07 Å². The van der Waals surface area contributed by atoms with E-state index in [0.717, 1.165) is 23.2 Å². The van der Waals surface area contributed by atoms with Gasteiger partial charge >= 0.3 is 0 Å². The molecule has 1 atom stereocenters. The molecular formula is C17H19ClFN. The monoisotopic (exact) mass is 291 g/mol. The summed E-state index contributed by atoms with van der Waals surface area (Å²) >= 11 is 6.20. The molecule has 2 aromatic carbocycles. The van der Waals surface area contributed by atoms with Crippen molar-refractivity contribution in [1.29, 1.82) is 0 Å². The predicted molar refractivity (Wildman–Crippen MR) is 82.8 cm³/mol. The molecule has 1 N–H and O–H groups in total. The molecule has 0 saturated carbocycles. The van der Waals surface area contributed by atoms with Gasteiger partial charge in [-0.2, -0.15) is 0 Å². The number of rotatable bonds is 4. The summed E-state index contributed by atoms with van der Waals surface area (Å²) in [7, 11) is 0. The lowest BCUT2D eigenvalue weighted by atomic mass is 9.96. The second kappa shape index (κ2) is 6.38. The third-order valence-corrected chi connectivity index (χ3v) is 3.81. The summed E-state index contributed by atoms with van der Waals surface area (Å²) in [6.45, 7) is 6.69. The van der Waals surface area contributed by atoms with Gasteiger partial charge in [-0.1, -0.05) is 48.4 Å². The van der Waals surface area contributed by atoms with Gasteiger partial charge in [0, 0.05) is 10.6 Å². The summed E-state index contributed by atoms with van der Waals surface area (Å²) < 4.78 is 14.1. The molecule has 3 heteroatoms. The van der Waals surface area contributed by atoms with Crippen molar-refractivity contribution in [3.63, 3.8) is 0 Å². The zero-order chi connectivity index (χ0) is 14.7. The minimum atomic E-state index is -0.196. The van der Waals surface area contributed by atoms with Crippen LogP contribution in [0.3, 0.4) is 0 Å². The van der Waals surface area contributed by atoms with Crippen molar-refractivity contribution < 1.29 is 4.39 Å². The largest absolute Gasteiger partial charge is 0.306 e. The molecule has 0 radical (unpaired) electrons. The van der Waals surface area contributed by atoms with Crippen LogP contribution in [0.15, 0.2) is 36.4 Å². The van der Waals surface area contributed by atoms with Gasteiger partial charge in [-0.25, -0.2) is 4.39 Å². The van der Waals surface area contributed by atoms with Crippen molar-refractivity contribution in [2.24, 2.45) is 0 Å². The van der Waals surface area contributed by atoms with E-state index >= 15 is 0 Å². The van der Waals surface area contributed by atoms with Gasteiger partial charge in [0.15, 0.2) is 0 Å². The van der Waals surface area contributed by atoms with Crippen LogP contribution in [-0.4, -0.2) is 6.54 Å². The number of hydrogen-bond acceptors (Lipinski definition) is 1. The van der Waals surface area contributed by atoms with E-state index in [4.69, 9.17) is 11.6 Å². The minimum absolute atomic E-state index is 0.182. The summed E-state index contributed by atoms with van der Waals surface area (Å²) in [5.74, 6) is -0.196. The Kier molecular flexibility index (Phi) is 4.79. The molecule has 0 amide bonds. The van der Waals surface area contributed by atoms with Gasteiger partial charge in [-0.05, 0) is 43.7 Å². The van der Waals surface area contributed by atoms with E-state index in [-0.39, 0.29) is 11.9 Å². The van der Waals surface area contributed by atoms with E-state index in [1.54, 1.807) is 6.07 Å². The van der Waals surface area contributed by atoms with Crippen LogP contribution in [0.2, 0.25) is 5.02 Å².